The van der Waals surface area contributed by atoms with Crippen molar-refractivity contribution in [2.45, 2.75) is 5.92 Å². The predicted molar refractivity (Wildman–Crippen MR) is 141 cm³/mol. The van der Waals surface area contributed by atoms with Gasteiger partial charge in [-0.05, 0) is 86.1 Å². The number of hydrogen-bond acceptors (Lipinski definition) is 0. The van der Waals surface area contributed by atoms with Gasteiger partial charge in [-0.2, -0.15) is 0 Å². The molecule has 0 atom stereocenters. The minimum atomic E-state index is 0.206. The van der Waals surface area contributed by atoms with Crippen LogP contribution in [0.2, 0.25) is 0 Å². The van der Waals surface area contributed by atoms with Crippen molar-refractivity contribution in [1.29, 1.82) is 0 Å². The van der Waals surface area contributed by atoms with Crippen LogP contribution in [0, 0.1) is 0 Å². The summed E-state index contributed by atoms with van der Waals surface area (Å²) in [5, 5.41) is 0. The van der Waals surface area contributed by atoms with Gasteiger partial charge in [-0.1, -0.05) is 98.6 Å². The third kappa shape index (κ3) is 6.27. The van der Waals surface area contributed by atoms with Crippen LogP contribution >= 0.6 is 77.0 Å². The van der Waals surface area contributed by atoms with E-state index in [0.29, 0.717) is 0 Å². The van der Waals surface area contributed by atoms with Gasteiger partial charge in [0.1, 0.15) is 0 Å². The van der Waals surface area contributed by atoms with Crippen LogP contribution in [0.3, 0.4) is 0 Å². The van der Waals surface area contributed by atoms with Crippen molar-refractivity contribution < 1.29 is 0 Å². The van der Waals surface area contributed by atoms with E-state index in [1.807, 2.05) is 0 Å². The second-order valence-corrected chi connectivity index (χ2v) is 10.1. The van der Waals surface area contributed by atoms with E-state index in [4.69, 9.17) is 0 Å². The standard InChI is InChI=1S/C23H16Br2I2/c24-20-10-6-17(7-11-20)22(26)14-19(16-4-2-1-3-5-16)15-23(27)18-8-12-21(25)13-9-18/h1-15,19H/b22-14-,23-15-. The average molecular weight is 706 g/mol. The Morgan fingerprint density at radius 2 is 1.04 bits per heavy atom. The summed E-state index contributed by atoms with van der Waals surface area (Å²) in [5.74, 6) is 0.206. The Bertz CT molecular complexity index is 882. The van der Waals surface area contributed by atoms with Gasteiger partial charge in [-0.3, -0.25) is 0 Å². The molecule has 0 amide bonds. The van der Waals surface area contributed by atoms with Gasteiger partial charge in [-0.25, -0.2) is 0 Å². The van der Waals surface area contributed by atoms with Gasteiger partial charge < -0.3 is 0 Å². The summed E-state index contributed by atoms with van der Waals surface area (Å²) in [6, 6.07) is 27.6. The summed E-state index contributed by atoms with van der Waals surface area (Å²) >= 11 is 11.9. The van der Waals surface area contributed by atoms with Gasteiger partial charge in [-0.15, -0.1) is 0 Å². The maximum atomic E-state index is 3.51. The Kier molecular flexibility index (Phi) is 8.17. The molecule has 27 heavy (non-hydrogen) atoms. The molecule has 0 nitrogen and oxygen atoms in total. The molecule has 0 N–H and O–H groups in total. The van der Waals surface area contributed by atoms with E-state index >= 15 is 0 Å². The van der Waals surface area contributed by atoms with Gasteiger partial charge in [0, 0.05) is 22.0 Å². The highest BCUT2D eigenvalue weighted by molar-refractivity contribution is 14.1. The normalized spacial score (nSPS) is 13.5. The lowest BCUT2D eigenvalue weighted by atomic mass is 9.96. The number of hydrogen-bond donors (Lipinski definition) is 0. The van der Waals surface area contributed by atoms with Crippen molar-refractivity contribution in [2.75, 3.05) is 0 Å². The Hall–Kier alpha value is -0.440. The van der Waals surface area contributed by atoms with Gasteiger partial charge >= 0.3 is 0 Å². The minimum Gasteiger partial charge on any atom is -0.0622 e. The average Bonchev–Trinajstić information content (AvgIpc) is 2.69. The molecule has 0 aliphatic carbocycles. The Labute approximate surface area is 204 Å². The van der Waals surface area contributed by atoms with E-state index in [9.17, 15) is 0 Å². The summed E-state index contributed by atoms with van der Waals surface area (Å²) in [4.78, 5) is 0. The van der Waals surface area contributed by atoms with Gasteiger partial charge in [0.25, 0.3) is 0 Å². The Morgan fingerprint density at radius 1 is 0.630 bits per heavy atom. The molecule has 3 aromatic carbocycles. The smallest absolute Gasteiger partial charge is 0.0225 e. The zero-order valence-corrected chi connectivity index (χ0v) is 21.7. The quantitative estimate of drug-likeness (QED) is 0.232. The zero-order chi connectivity index (χ0) is 19.2. The SMILES string of the molecule is Brc1ccc(/C(I)=C/C(/C=C(\I)c2ccc(Br)cc2)c2ccccc2)cc1. The van der Waals surface area contributed by atoms with Crippen molar-refractivity contribution in [1.82, 2.24) is 0 Å². The highest BCUT2D eigenvalue weighted by Crippen LogP contribution is 2.33. The second kappa shape index (κ2) is 10.4. The summed E-state index contributed by atoms with van der Waals surface area (Å²) in [6.07, 6.45) is 4.66. The summed E-state index contributed by atoms with van der Waals surface area (Å²) in [7, 11) is 0. The van der Waals surface area contributed by atoms with Crippen LogP contribution in [0.15, 0.2) is 100.0 Å². The molecular weight excluding hydrogens is 690 g/mol. The van der Waals surface area contributed by atoms with Gasteiger partial charge in [0.15, 0.2) is 0 Å². The van der Waals surface area contributed by atoms with Gasteiger partial charge in [0.05, 0.1) is 0 Å². The van der Waals surface area contributed by atoms with Crippen LogP contribution in [-0.4, -0.2) is 0 Å². The van der Waals surface area contributed by atoms with Crippen molar-refractivity contribution in [3.8, 4) is 0 Å². The van der Waals surface area contributed by atoms with Crippen LogP contribution in [0.5, 0.6) is 0 Å². The molecule has 0 unspecified atom stereocenters. The fourth-order valence-corrected chi connectivity index (χ4v) is 4.66. The topological polar surface area (TPSA) is 0 Å². The first-order valence-electron chi connectivity index (χ1n) is 8.34. The van der Waals surface area contributed by atoms with Crippen LogP contribution in [0.1, 0.15) is 22.6 Å². The molecule has 0 radical (unpaired) electrons. The highest BCUT2D eigenvalue weighted by Gasteiger charge is 2.10. The molecule has 0 spiro atoms. The number of benzene rings is 3. The van der Waals surface area contributed by atoms with E-state index < -0.39 is 0 Å². The molecule has 136 valence electrons. The largest absolute Gasteiger partial charge is 0.0622 e. The van der Waals surface area contributed by atoms with Crippen LogP contribution < -0.4 is 0 Å². The van der Waals surface area contributed by atoms with Crippen molar-refractivity contribution in [3.05, 3.63) is 117 Å². The molecule has 0 saturated heterocycles. The molecule has 0 heterocycles. The van der Waals surface area contributed by atoms with Crippen molar-refractivity contribution in [2.24, 2.45) is 0 Å². The molecule has 0 bridgehead atoms. The highest BCUT2D eigenvalue weighted by atomic mass is 127. The number of halogens is 4. The van der Waals surface area contributed by atoms with E-state index in [1.54, 1.807) is 0 Å². The first-order chi connectivity index (χ1) is 13.0. The third-order valence-corrected chi connectivity index (χ3v) is 7.10. The summed E-state index contributed by atoms with van der Waals surface area (Å²) < 4.78 is 4.68. The number of rotatable bonds is 5. The molecule has 0 aliphatic rings. The zero-order valence-electron chi connectivity index (χ0n) is 14.2. The maximum absolute atomic E-state index is 3.51. The first-order valence-corrected chi connectivity index (χ1v) is 12.1. The fraction of sp³-hybridized carbons (Fsp3) is 0.0435. The number of allylic oxidation sites excluding steroid dienone is 2. The lowest BCUT2D eigenvalue weighted by molar-refractivity contribution is 1.09. The molecular formula is C23H16Br2I2. The Balaban J connectivity index is 1.98. The predicted octanol–water partition coefficient (Wildman–Crippen LogP) is 9.25. The van der Waals surface area contributed by atoms with Crippen LogP contribution in [-0.2, 0) is 0 Å². The minimum absolute atomic E-state index is 0.206. The maximum Gasteiger partial charge on any atom is 0.0225 e. The van der Waals surface area contributed by atoms with E-state index in [1.165, 1.54) is 23.9 Å². The fourth-order valence-electron chi connectivity index (χ4n) is 2.64. The van der Waals surface area contributed by atoms with E-state index in [-0.39, 0.29) is 5.92 Å². The lowest BCUT2D eigenvalue weighted by Gasteiger charge is -2.12. The molecule has 3 aromatic rings. The van der Waals surface area contributed by atoms with Crippen molar-refractivity contribution in [3.63, 3.8) is 0 Å². The van der Waals surface area contributed by atoms with Gasteiger partial charge in [0.2, 0.25) is 0 Å². The molecule has 4 heteroatoms. The van der Waals surface area contributed by atoms with E-state index in [0.717, 1.165) is 8.95 Å². The molecule has 0 fully saturated rings. The lowest BCUT2D eigenvalue weighted by Crippen LogP contribution is -1.93. The van der Waals surface area contributed by atoms with Crippen molar-refractivity contribution >= 4 is 84.2 Å². The molecule has 0 aliphatic heterocycles. The van der Waals surface area contributed by atoms with Crippen LogP contribution in [0.25, 0.3) is 7.16 Å². The Morgan fingerprint density at radius 3 is 1.44 bits per heavy atom. The molecule has 3 rings (SSSR count). The van der Waals surface area contributed by atoms with Crippen LogP contribution in [0.4, 0.5) is 0 Å². The molecule has 0 saturated carbocycles. The monoisotopic (exact) mass is 704 g/mol. The summed E-state index contributed by atoms with van der Waals surface area (Å²) in [6.45, 7) is 0. The first kappa shape index (κ1) is 21.3. The molecule has 0 aromatic heterocycles. The summed E-state index contributed by atoms with van der Waals surface area (Å²) in [5.41, 5.74) is 3.74. The second-order valence-electron chi connectivity index (χ2n) is 5.98. The third-order valence-electron chi connectivity index (χ3n) is 4.08. The van der Waals surface area contributed by atoms with E-state index in [2.05, 4.69) is 168 Å².